The van der Waals surface area contributed by atoms with Gasteiger partial charge in [-0.25, -0.2) is 4.98 Å². The van der Waals surface area contributed by atoms with E-state index in [0.717, 1.165) is 28.0 Å². The third kappa shape index (κ3) is 2.52. The van der Waals surface area contributed by atoms with Crippen LogP contribution in [0.1, 0.15) is 19.8 Å². The number of pyridine rings is 1. The van der Waals surface area contributed by atoms with Crippen molar-refractivity contribution in [1.29, 1.82) is 0 Å². The molecule has 0 spiro atoms. The van der Waals surface area contributed by atoms with Gasteiger partial charge < -0.3 is 9.15 Å². The molecule has 0 N–H and O–H groups in total. The summed E-state index contributed by atoms with van der Waals surface area (Å²) in [5.74, 6) is 1.39. The Kier molecular flexibility index (Phi) is 3.52. The maximum Gasteiger partial charge on any atom is 0.213 e. The van der Waals surface area contributed by atoms with Gasteiger partial charge in [0.15, 0.2) is 0 Å². The number of para-hydroxylation sites is 1. The number of nitrogens with zero attached hydrogens (tertiary/aromatic N) is 2. The zero-order valence-electron chi connectivity index (χ0n) is 14.4. The molecule has 1 aromatic carbocycles. The van der Waals surface area contributed by atoms with Crippen LogP contribution in [0.3, 0.4) is 0 Å². The summed E-state index contributed by atoms with van der Waals surface area (Å²) in [5.41, 5.74) is 3.02. The Labute approximate surface area is 147 Å². The van der Waals surface area contributed by atoms with E-state index in [2.05, 4.69) is 35.0 Å². The molecule has 5 heterocycles. The number of furan rings is 1. The molecule has 2 atom stereocenters. The molecule has 3 saturated heterocycles. The Balaban J connectivity index is 1.40. The molecule has 0 amide bonds. The van der Waals surface area contributed by atoms with E-state index in [1.54, 1.807) is 6.26 Å². The molecule has 0 radical (unpaired) electrons. The van der Waals surface area contributed by atoms with Gasteiger partial charge in [-0.05, 0) is 50.9 Å². The van der Waals surface area contributed by atoms with Crippen molar-refractivity contribution in [3.8, 4) is 17.0 Å². The molecule has 3 fully saturated rings. The second-order valence-electron chi connectivity index (χ2n) is 7.23. The third-order valence-electron chi connectivity index (χ3n) is 5.87. The van der Waals surface area contributed by atoms with Crippen LogP contribution >= 0.6 is 0 Å². The molecule has 3 aliphatic heterocycles. The van der Waals surface area contributed by atoms with Gasteiger partial charge in [0.05, 0.1) is 6.26 Å². The smallest absolute Gasteiger partial charge is 0.213 e. The Morgan fingerprint density at radius 2 is 2.00 bits per heavy atom. The number of benzene rings is 1. The van der Waals surface area contributed by atoms with Gasteiger partial charge in [-0.1, -0.05) is 18.2 Å². The van der Waals surface area contributed by atoms with Crippen molar-refractivity contribution >= 4 is 11.0 Å². The molecular weight excluding hydrogens is 312 g/mol. The highest BCUT2D eigenvalue weighted by atomic mass is 16.5. The number of rotatable bonds is 3. The van der Waals surface area contributed by atoms with Crippen LogP contribution in [-0.4, -0.2) is 35.1 Å². The molecule has 25 heavy (non-hydrogen) atoms. The SMILES string of the molecule is C[C@H]1[C@H](Oc2ccc(-c3cccc4ccoc34)cn2)C2CCN1CC2. The van der Waals surface area contributed by atoms with Crippen LogP contribution in [0.15, 0.2) is 53.3 Å². The first-order valence-corrected chi connectivity index (χ1v) is 9.13. The molecule has 0 aliphatic carbocycles. The number of aromatic nitrogens is 1. The average molecular weight is 334 g/mol. The lowest BCUT2D eigenvalue weighted by Gasteiger charge is -2.49. The summed E-state index contributed by atoms with van der Waals surface area (Å²) >= 11 is 0. The number of fused-ring (bicyclic) bond motifs is 4. The number of piperidine rings is 3. The van der Waals surface area contributed by atoms with Crippen LogP contribution in [0.25, 0.3) is 22.1 Å². The van der Waals surface area contributed by atoms with E-state index in [1.807, 2.05) is 24.4 Å². The average Bonchev–Trinajstić information content (AvgIpc) is 3.14. The van der Waals surface area contributed by atoms with Crippen LogP contribution in [0.2, 0.25) is 0 Å². The van der Waals surface area contributed by atoms with Gasteiger partial charge in [0.1, 0.15) is 11.7 Å². The first-order chi connectivity index (χ1) is 12.3. The topological polar surface area (TPSA) is 38.5 Å². The van der Waals surface area contributed by atoms with Crippen molar-refractivity contribution in [3.63, 3.8) is 0 Å². The van der Waals surface area contributed by atoms with E-state index in [9.17, 15) is 0 Å². The summed E-state index contributed by atoms with van der Waals surface area (Å²) in [4.78, 5) is 7.11. The molecule has 2 bridgehead atoms. The summed E-state index contributed by atoms with van der Waals surface area (Å²) in [6, 6.07) is 12.7. The fraction of sp³-hybridized carbons (Fsp3) is 0.381. The molecule has 3 aliphatic rings. The third-order valence-corrected chi connectivity index (χ3v) is 5.87. The van der Waals surface area contributed by atoms with E-state index in [0.29, 0.717) is 12.0 Å². The fourth-order valence-electron chi connectivity index (χ4n) is 4.42. The van der Waals surface area contributed by atoms with E-state index >= 15 is 0 Å². The lowest BCUT2D eigenvalue weighted by molar-refractivity contribution is -0.0525. The van der Waals surface area contributed by atoms with Crippen LogP contribution in [0.4, 0.5) is 0 Å². The fourth-order valence-corrected chi connectivity index (χ4v) is 4.42. The quantitative estimate of drug-likeness (QED) is 0.713. The normalized spacial score (nSPS) is 28.4. The van der Waals surface area contributed by atoms with E-state index in [-0.39, 0.29) is 6.10 Å². The van der Waals surface area contributed by atoms with E-state index < -0.39 is 0 Å². The lowest BCUT2D eigenvalue weighted by Crippen LogP contribution is -2.58. The van der Waals surface area contributed by atoms with Gasteiger partial charge in [0.2, 0.25) is 5.88 Å². The Morgan fingerprint density at radius 3 is 2.76 bits per heavy atom. The van der Waals surface area contributed by atoms with Crippen molar-refractivity contribution in [3.05, 3.63) is 48.9 Å². The van der Waals surface area contributed by atoms with Crippen molar-refractivity contribution in [2.75, 3.05) is 13.1 Å². The van der Waals surface area contributed by atoms with E-state index in [1.165, 1.54) is 25.9 Å². The van der Waals surface area contributed by atoms with Crippen LogP contribution in [0, 0.1) is 5.92 Å². The predicted octanol–water partition coefficient (Wildman–Crippen LogP) is 4.36. The van der Waals surface area contributed by atoms with Crippen LogP contribution < -0.4 is 4.74 Å². The largest absolute Gasteiger partial charge is 0.472 e. The molecule has 6 rings (SSSR count). The number of hydrogen-bond acceptors (Lipinski definition) is 4. The minimum atomic E-state index is 0.259. The maximum atomic E-state index is 6.29. The predicted molar refractivity (Wildman–Crippen MR) is 97.6 cm³/mol. The first kappa shape index (κ1) is 15.0. The minimum Gasteiger partial charge on any atom is -0.472 e. The molecule has 4 heteroatoms. The highest BCUT2D eigenvalue weighted by Crippen LogP contribution is 2.35. The summed E-state index contributed by atoms with van der Waals surface area (Å²) in [7, 11) is 0. The monoisotopic (exact) mass is 334 g/mol. The van der Waals surface area contributed by atoms with Crippen molar-refractivity contribution in [2.45, 2.75) is 31.9 Å². The van der Waals surface area contributed by atoms with Gasteiger partial charge in [0, 0.05) is 34.8 Å². The van der Waals surface area contributed by atoms with Crippen molar-refractivity contribution in [2.24, 2.45) is 5.92 Å². The lowest BCUT2D eigenvalue weighted by atomic mass is 9.81. The van der Waals surface area contributed by atoms with Gasteiger partial charge >= 0.3 is 0 Å². The molecule has 3 aromatic rings. The van der Waals surface area contributed by atoms with Crippen molar-refractivity contribution in [1.82, 2.24) is 9.88 Å². The minimum absolute atomic E-state index is 0.259. The Bertz CT molecular complexity index is 876. The zero-order valence-corrected chi connectivity index (χ0v) is 14.4. The summed E-state index contributed by atoms with van der Waals surface area (Å²) in [6.45, 7) is 4.71. The number of ether oxygens (including phenoxy) is 1. The summed E-state index contributed by atoms with van der Waals surface area (Å²) in [6.07, 6.45) is 6.36. The van der Waals surface area contributed by atoms with Crippen molar-refractivity contribution < 1.29 is 9.15 Å². The first-order valence-electron chi connectivity index (χ1n) is 9.13. The second-order valence-corrected chi connectivity index (χ2v) is 7.23. The van der Waals surface area contributed by atoms with Gasteiger partial charge in [-0.15, -0.1) is 0 Å². The van der Waals surface area contributed by atoms with Crippen LogP contribution in [-0.2, 0) is 0 Å². The van der Waals surface area contributed by atoms with Crippen LogP contribution in [0.5, 0.6) is 5.88 Å². The standard InChI is InChI=1S/C21H22N2O2/c1-14-20(16-7-10-23(14)11-8-16)25-19-6-5-17(13-22-19)18-4-2-3-15-9-12-24-21(15)18/h2-6,9,12-14,16,20H,7-8,10-11H2,1H3/t14-,20-/m0/s1. The molecular formula is C21H22N2O2. The molecule has 0 unspecified atom stereocenters. The van der Waals surface area contributed by atoms with E-state index in [4.69, 9.17) is 9.15 Å². The number of hydrogen-bond donors (Lipinski definition) is 0. The Hall–Kier alpha value is -2.33. The molecule has 128 valence electrons. The highest BCUT2D eigenvalue weighted by molar-refractivity contribution is 5.92. The van der Waals surface area contributed by atoms with Gasteiger partial charge in [-0.3, -0.25) is 4.90 Å². The Morgan fingerprint density at radius 1 is 1.12 bits per heavy atom. The second kappa shape index (κ2) is 5.88. The zero-order chi connectivity index (χ0) is 16.8. The summed E-state index contributed by atoms with van der Waals surface area (Å²) in [5, 5.41) is 1.11. The summed E-state index contributed by atoms with van der Waals surface area (Å²) < 4.78 is 11.9. The molecule has 0 saturated carbocycles. The maximum absolute atomic E-state index is 6.29. The highest BCUT2D eigenvalue weighted by Gasteiger charge is 2.41. The molecule has 2 aromatic heterocycles. The van der Waals surface area contributed by atoms with Gasteiger partial charge in [-0.2, -0.15) is 0 Å². The molecule has 4 nitrogen and oxygen atoms in total. The van der Waals surface area contributed by atoms with Gasteiger partial charge in [0.25, 0.3) is 0 Å².